The van der Waals surface area contributed by atoms with Gasteiger partial charge in [0.05, 0.1) is 18.1 Å². The number of carbonyl (C=O) groups is 3. The Kier molecular flexibility index (Phi) is 7.82. The zero-order valence-electron chi connectivity index (χ0n) is 12.8. The molecule has 0 saturated carbocycles. The van der Waals surface area contributed by atoms with E-state index in [-0.39, 0.29) is 5.91 Å². The monoisotopic (exact) mass is 404 g/mol. The lowest BCUT2D eigenvalue weighted by molar-refractivity contribution is -0.159. The van der Waals surface area contributed by atoms with E-state index in [0.717, 1.165) is 10.0 Å². The molecule has 0 spiro atoms. The summed E-state index contributed by atoms with van der Waals surface area (Å²) in [6.45, 7) is 0. The van der Waals surface area contributed by atoms with Crippen molar-refractivity contribution in [2.45, 2.75) is 6.42 Å². The van der Waals surface area contributed by atoms with Gasteiger partial charge in [0, 0.05) is 10.2 Å². The molecule has 0 aliphatic rings. The number of rotatable bonds is 3. The van der Waals surface area contributed by atoms with Gasteiger partial charge in [-0.25, -0.2) is 9.59 Å². The molecule has 2 aromatic rings. The van der Waals surface area contributed by atoms with Crippen molar-refractivity contribution >= 4 is 39.5 Å². The molecule has 2 aromatic carbocycles. The summed E-state index contributed by atoms with van der Waals surface area (Å²) in [6.07, 6.45) is 0.310. The van der Waals surface area contributed by atoms with Crippen LogP contribution in [0.5, 0.6) is 0 Å². The first-order chi connectivity index (χ1) is 11.8. The lowest BCUT2D eigenvalue weighted by atomic mass is 10.1. The maximum absolute atomic E-state index is 11.9. The van der Waals surface area contributed by atoms with Crippen LogP contribution in [-0.2, 0) is 20.8 Å². The summed E-state index contributed by atoms with van der Waals surface area (Å²) in [4.78, 5) is 30.1. The minimum Gasteiger partial charge on any atom is -0.473 e. The zero-order chi connectivity index (χ0) is 18.8. The van der Waals surface area contributed by atoms with Crippen LogP contribution in [0.3, 0.4) is 0 Å². The number of nitrogens with zero attached hydrogens (tertiary/aromatic N) is 1. The van der Waals surface area contributed by atoms with Gasteiger partial charge in [0.1, 0.15) is 0 Å². The lowest BCUT2D eigenvalue weighted by Crippen LogP contribution is -2.14. The van der Waals surface area contributed by atoms with E-state index in [1.807, 2.05) is 30.3 Å². The van der Waals surface area contributed by atoms with E-state index < -0.39 is 11.9 Å². The van der Waals surface area contributed by atoms with E-state index in [2.05, 4.69) is 21.2 Å². The molecule has 0 saturated heterocycles. The molecule has 0 bridgehead atoms. The van der Waals surface area contributed by atoms with Gasteiger partial charge < -0.3 is 15.5 Å². The van der Waals surface area contributed by atoms with Gasteiger partial charge in [-0.05, 0) is 35.9 Å². The van der Waals surface area contributed by atoms with E-state index in [9.17, 15) is 4.79 Å². The summed E-state index contributed by atoms with van der Waals surface area (Å²) < 4.78 is 0.985. The first-order valence-electron chi connectivity index (χ1n) is 6.82. The molecule has 0 aromatic heterocycles. The molecule has 3 N–H and O–H groups in total. The van der Waals surface area contributed by atoms with Gasteiger partial charge in [0.2, 0.25) is 5.91 Å². The van der Waals surface area contributed by atoms with Crippen LogP contribution < -0.4 is 5.32 Å². The van der Waals surface area contributed by atoms with Crippen LogP contribution >= 0.6 is 15.9 Å². The second-order valence-corrected chi connectivity index (χ2v) is 5.57. The number of hydrogen-bond donors (Lipinski definition) is 3. The second-order valence-electron chi connectivity index (χ2n) is 4.65. The second kappa shape index (κ2) is 9.85. The van der Waals surface area contributed by atoms with Gasteiger partial charge in [0.15, 0.2) is 0 Å². The average Bonchev–Trinajstić information content (AvgIpc) is 2.57. The minimum atomic E-state index is -1.82. The summed E-state index contributed by atoms with van der Waals surface area (Å²) in [7, 11) is 0. The zero-order valence-corrected chi connectivity index (χ0v) is 14.4. The smallest absolute Gasteiger partial charge is 0.414 e. The van der Waals surface area contributed by atoms with Crippen LogP contribution in [0.2, 0.25) is 0 Å². The third kappa shape index (κ3) is 7.76. The minimum absolute atomic E-state index is 0.0996. The highest BCUT2D eigenvalue weighted by Gasteiger charge is 2.05. The highest BCUT2D eigenvalue weighted by atomic mass is 79.9. The Hall–Kier alpha value is -3.18. The fourth-order valence-corrected chi connectivity index (χ4v) is 1.92. The molecule has 25 heavy (non-hydrogen) atoms. The summed E-state index contributed by atoms with van der Waals surface area (Å²) in [5, 5.41) is 26.4. The summed E-state index contributed by atoms with van der Waals surface area (Å²) in [6, 6.07) is 16.5. The molecule has 1 amide bonds. The van der Waals surface area contributed by atoms with Crippen molar-refractivity contribution in [3.63, 3.8) is 0 Å². The maximum atomic E-state index is 11.9. The maximum Gasteiger partial charge on any atom is 0.414 e. The Morgan fingerprint density at radius 2 is 1.64 bits per heavy atom. The predicted octanol–water partition coefficient (Wildman–Crippen LogP) is 2.66. The third-order valence-corrected chi connectivity index (χ3v) is 3.26. The molecule has 0 fully saturated rings. The van der Waals surface area contributed by atoms with Crippen LogP contribution in [0.25, 0.3) is 0 Å². The molecular weight excluding hydrogens is 392 g/mol. The highest BCUT2D eigenvalue weighted by Crippen LogP contribution is 2.13. The Labute approximate surface area is 151 Å². The predicted molar refractivity (Wildman–Crippen MR) is 92.9 cm³/mol. The number of aliphatic carboxylic acids is 2. The van der Waals surface area contributed by atoms with E-state index >= 15 is 0 Å². The quantitative estimate of drug-likeness (QED) is 0.674. The van der Waals surface area contributed by atoms with Crippen LogP contribution in [0.4, 0.5) is 5.69 Å². The van der Waals surface area contributed by atoms with Crippen LogP contribution in [0.15, 0.2) is 53.0 Å². The van der Waals surface area contributed by atoms with Crippen molar-refractivity contribution in [3.8, 4) is 6.07 Å². The molecule has 0 unspecified atom stereocenters. The van der Waals surface area contributed by atoms with Crippen molar-refractivity contribution in [2.75, 3.05) is 5.32 Å². The van der Waals surface area contributed by atoms with Gasteiger partial charge in [-0.1, -0.05) is 34.1 Å². The summed E-state index contributed by atoms with van der Waals surface area (Å²) >= 11 is 3.35. The first kappa shape index (κ1) is 19.9. The standard InChI is InChI=1S/C15H11BrN2O.C2H2O4/c16-13-6-4-11(5-7-13)9-15(19)18-14-3-1-2-12(8-14)10-17;3-1(4)2(5)6/h1-8H,9H2,(H,18,19);(H,3,4)(H,5,6). The fourth-order valence-electron chi connectivity index (χ4n) is 1.66. The number of halogens is 1. The highest BCUT2D eigenvalue weighted by molar-refractivity contribution is 9.10. The molecular formula is C17H13BrN2O5. The first-order valence-corrected chi connectivity index (χ1v) is 7.62. The number of carboxylic acids is 2. The number of carboxylic acid groups (broad SMARTS) is 2. The largest absolute Gasteiger partial charge is 0.473 e. The van der Waals surface area contributed by atoms with Crippen LogP contribution in [0.1, 0.15) is 11.1 Å². The molecule has 2 rings (SSSR count). The normalized spacial score (nSPS) is 9.12. The van der Waals surface area contributed by atoms with Crippen molar-refractivity contribution in [1.82, 2.24) is 0 Å². The Morgan fingerprint density at radius 1 is 1.04 bits per heavy atom. The topological polar surface area (TPSA) is 127 Å². The van der Waals surface area contributed by atoms with Crippen molar-refractivity contribution in [2.24, 2.45) is 0 Å². The van der Waals surface area contributed by atoms with Crippen molar-refractivity contribution < 1.29 is 24.6 Å². The fraction of sp³-hybridized carbons (Fsp3) is 0.0588. The molecule has 0 aliphatic carbocycles. The number of nitrogens with one attached hydrogen (secondary N) is 1. The number of anilines is 1. The lowest BCUT2D eigenvalue weighted by Gasteiger charge is -2.05. The van der Waals surface area contributed by atoms with Gasteiger partial charge in [0.25, 0.3) is 0 Å². The van der Waals surface area contributed by atoms with Crippen molar-refractivity contribution in [1.29, 1.82) is 5.26 Å². The number of amides is 1. The Bertz CT molecular complexity index is 801. The number of carbonyl (C=O) groups excluding carboxylic acids is 1. The molecule has 0 aliphatic heterocycles. The Balaban J connectivity index is 0.000000450. The summed E-state index contributed by atoms with van der Waals surface area (Å²) in [5.74, 6) is -3.75. The third-order valence-electron chi connectivity index (χ3n) is 2.74. The molecule has 8 heteroatoms. The van der Waals surface area contributed by atoms with E-state index in [0.29, 0.717) is 17.7 Å². The molecule has 7 nitrogen and oxygen atoms in total. The van der Waals surface area contributed by atoms with E-state index in [4.69, 9.17) is 25.1 Å². The van der Waals surface area contributed by atoms with Crippen LogP contribution in [-0.4, -0.2) is 28.1 Å². The van der Waals surface area contributed by atoms with E-state index in [1.165, 1.54) is 0 Å². The number of hydrogen-bond acceptors (Lipinski definition) is 4. The van der Waals surface area contributed by atoms with E-state index in [1.54, 1.807) is 24.3 Å². The average molecular weight is 405 g/mol. The molecule has 0 heterocycles. The van der Waals surface area contributed by atoms with Gasteiger partial charge in [-0.15, -0.1) is 0 Å². The van der Waals surface area contributed by atoms with Crippen molar-refractivity contribution in [3.05, 3.63) is 64.1 Å². The molecule has 0 radical (unpaired) electrons. The Morgan fingerprint density at radius 3 is 2.16 bits per heavy atom. The number of benzene rings is 2. The number of nitriles is 1. The van der Waals surface area contributed by atoms with Gasteiger partial charge in [-0.3, -0.25) is 4.79 Å². The van der Waals surface area contributed by atoms with Gasteiger partial charge >= 0.3 is 11.9 Å². The molecule has 0 atom stereocenters. The molecule has 128 valence electrons. The van der Waals surface area contributed by atoms with Gasteiger partial charge in [-0.2, -0.15) is 5.26 Å². The van der Waals surface area contributed by atoms with Crippen LogP contribution in [0, 0.1) is 11.3 Å². The SMILES string of the molecule is N#Cc1cccc(NC(=O)Cc2ccc(Br)cc2)c1.O=C(O)C(=O)O. The summed E-state index contributed by atoms with van der Waals surface area (Å²) in [5.41, 5.74) is 2.11.